The Kier molecular flexibility index (Phi) is 9.16. The van der Waals surface area contributed by atoms with E-state index in [1.807, 2.05) is 36.4 Å². The minimum atomic E-state index is -3.85. The predicted octanol–water partition coefficient (Wildman–Crippen LogP) is 2.81. The maximum Gasteiger partial charge on any atom is 0.240 e. The summed E-state index contributed by atoms with van der Waals surface area (Å²) in [5.41, 5.74) is 2.89. The van der Waals surface area contributed by atoms with Crippen LogP contribution in [-0.4, -0.2) is 76.7 Å². The van der Waals surface area contributed by atoms with Crippen molar-refractivity contribution < 1.29 is 28.1 Å². The summed E-state index contributed by atoms with van der Waals surface area (Å²) in [4.78, 5) is 14.0. The number of methoxy groups -OCH3 is 1. The van der Waals surface area contributed by atoms with E-state index in [0.29, 0.717) is 23.5 Å². The van der Waals surface area contributed by atoms with Crippen molar-refractivity contribution >= 4 is 27.0 Å². The Balaban J connectivity index is 1.36. The van der Waals surface area contributed by atoms with E-state index in [9.17, 15) is 18.6 Å². The van der Waals surface area contributed by atoms with Gasteiger partial charge in [-0.15, -0.1) is 0 Å². The Morgan fingerprint density at radius 3 is 2.16 bits per heavy atom. The molecule has 45 heavy (non-hydrogen) atoms. The average Bonchev–Trinajstić information content (AvgIpc) is 3.62. The number of ether oxygens (including phenoxy) is 2. The van der Waals surface area contributed by atoms with Gasteiger partial charge in [-0.3, -0.25) is 4.57 Å². The second-order valence-corrected chi connectivity index (χ2v) is 12.5. The van der Waals surface area contributed by atoms with Crippen LogP contribution in [0.3, 0.4) is 0 Å². The molecule has 1 aliphatic rings. The second kappa shape index (κ2) is 13.4. The second-order valence-electron chi connectivity index (χ2n) is 10.7. The minimum Gasteiger partial charge on any atom is -0.387 e. The smallest absolute Gasteiger partial charge is 0.240 e. The average molecular weight is 631 g/mol. The Morgan fingerprint density at radius 2 is 1.53 bits per heavy atom. The molecule has 6 rings (SSSR count). The van der Waals surface area contributed by atoms with E-state index in [-0.39, 0.29) is 29.8 Å². The number of aromatic nitrogens is 4. The van der Waals surface area contributed by atoms with Crippen LogP contribution in [-0.2, 0) is 26.0 Å². The van der Waals surface area contributed by atoms with Crippen molar-refractivity contribution in [1.29, 1.82) is 0 Å². The van der Waals surface area contributed by atoms with Crippen LogP contribution in [0.25, 0.3) is 11.2 Å². The number of hydrogen-bond donors (Lipinski definition) is 4. The van der Waals surface area contributed by atoms with Crippen LogP contribution in [0.1, 0.15) is 29.1 Å². The molecule has 0 saturated carbocycles. The van der Waals surface area contributed by atoms with Gasteiger partial charge in [0.05, 0.1) is 24.4 Å². The molecule has 3 aromatic carbocycles. The predicted molar refractivity (Wildman–Crippen MR) is 167 cm³/mol. The number of benzene rings is 3. The van der Waals surface area contributed by atoms with E-state index in [0.717, 1.165) is 11.1 Å². The summed E-state index contributed by atoms with van der Waals surface area (Å²) < 4.78 is 41.2. The number of aliphatic hydroxyl groups excluding tert-OH is 2. The number of anilines is 1. The fourth-order valence-electron chi connectivity index (χ4n) is 5.45. The first-order chi connectivity index (χ1) is 21.9. The highest BCUT2D eigenvalue weighted by atomic mass is 32.2. The van der Waals surface area contributed by atoms with Gasteiger partial charge in [-0.05, 0) is 23.3 Å². The molecule has 12 nitrogen and oxygen atoms in total. The molecule has 1 fully saturated rings. The Bertz CT molecular complexity index is 1790. The monoisotopic (exact) mass is 630 g/mol. The van der Waals surface area contributed by atoms with Gasteiger partial charge in [0.15, 0.2) is 23.2 Å². The fourth-order valence-corrected chi connectivity index (χ4v) is 6.45. The summed E-state index contributed by atoms with van der Waals surface area (Å²) in [6, 6.07) is 28.2. The van der Waals surface area contributed by atoms with Gasteiger partial charge in [0, 0.05) is 19.6 Å². The standard InChI is InChI=1S/C32H34N6O6S/c1-43-19-25-28(39)29(40)32(44-25)38-20-34-27-30(33-17-24(21-11-5-2-6-12-21)22-13-7-3-8-14-22)36-26(37-31(27)38)18-35-45(41,42)23-15-9-4-10-16-23/h2-16,20,24-25,28-29,32,35,39-40H,17-19H2,1H3,(H,33,36,37)/t25-,28-,29+,32-/m1/s1. The number of fused-ring (bicyclic) bond motifs is 1. The molecule has 0 aliphatic carbocycles. The molecule has 0 amide bonds. The summed E-state index contributed by atoms with van der Waals surface area (Å²) in [6.45, 7) is 0.312. The van der Waals surface area contributed by atoms with Crippen molar-refractivity contribution in [2.24, 2.45) is 0 Å². The Hall–Kier alpha value is -4.24. The van der Waals surface area contributed by atoms with E-state index in [1.54, 1.807) is 18.2 Å². The fraction of sp³-hybridized carbons (Fsp3) is 0.281. The van der Waals surface area contributed by atoms with Gasteiger partial charge >= 0.3 is 0 Å². The molecular weight excluding hydrogens is 596 g/mol. The van der Waals surface area contributed by atoms with Crippen LogP contribution in [0.2, 0.25) is 0 Å². The van der Waals surface area contributed by atoms with E-state index in [1.165, 1.54) is 30.1 Å². The molecular formula is C32H34N6O6S. The summed E-state index contributed by atoms with van der Waals surface area (Å²) in [7, 11) is -2.37. The Labute approximate surface area is 260 Å². The van der Waals surface area contributed by atoms with Gasteiger partial charge in [0.25, 0.3) is 0 Å². The van der Waals surface area contributed by atoms with Crippen LogP contribution in [0.4, 0.5) is 5.82 Å². The minimum absolute atomic E-state index is 0.0375. The van der Waals surface area contributed by atoms with Crippen molar-refractivity contribution in [3.05, 3.63) is 114 Å². The molecule has 4 atom stereocenters. The van der Waals surface area contributed by atoms with Crippen molar-refractivity contribution in [2.75, 3.05) is 25.6 Å². The van der Waals surface area contributed by atoms with Crippen molar-refractivity contribution in [1.82, 2.24) is 24.2 Å². The maximum atomic E-state index is 13.0. The van der Waals surface area contributed by atoms with Gasteiger partial charge in [-0.2, -0.15) is 0 Å². The third-order valence-corrected chi connectivity index (χ3v) is 9.18. The molecule has 13 heteroatoms. The first kappa shape index (κ1) is 30.8. The number of nitrogens with zero attached hydrogens (tertiary/aromatic N) is 4. The lowest BCUT2D eigenvalue weighted by atomic mass is 9.91. The molecule has 2 aromatic heterocycles. The van der Waals surface area contributed by atoms with Crippen molar-refractivity contribution in [3.63, 3.8) is 0 Å². The number of aliphatic hydroxyl groups is 2. The summed E-state index contributed by atoms with van der Waals surface area (Å²) in [6.07, 6.45) is -2.79. The number of rotatable bonds is 12. The molecule has 1 saturated heterocycles. The number of hydrogen-bond acceptors (Lipinski definition) is 10. The number of imidazole rings is 1. The summed E-state index contributed by atoms with van der Waals surface area (Å²) in [5.74, 6) is 0.513. The number of nitrogens with one attached hydrogen (secondary N) is 2. The lowest BCUT2D eigenvalue weighted by Gasteiger charge is -2.20. The lowest BCUT2D eigenvalue weighted by Crippen LogP contribution is -2.33. The van der Waals surface area contributed by atoms with E-state index < -0.39 is 34.6 Å². The van der Waals surface area contributed by atoms with Crippen LogP contribution >= 0.6 is 0 Å². The third-order valence-electron chi connectivity index (χ3n) is 7.76. The first-order valence-electron chi connectivity index (χ1n) is 14.5. The highest BCUT2D eigenvalue weighted by Crippen LogP contribution is 2.33. The van der Waals surface area contributed by atoms with Gasteiger partial charge in [-0.1, -0.05) is 78.9 Å². The van der Waals surface area contributed by atoms with Gasteiger partial charge in [0.2, 0.25) is 10.0 Å². The zero-order chi connectivity index (χ0) is 31.4. The first-order valence-corrected chi connectivity index (χ1v) is 16.0. The molecule has 4 N–H and O–H groups in total. The highest BCUT2D eigenvalue weighted by molar-refractivity contribution is 7.89. The van der Waals surface area contributed by atoms with Gasteiger partial charge in [0.1, 0.15) is 24.1 Å². The topological polar surface area (TPSA) is 161 Å². The molecule has 0 unspecified atom stereocenters. The molecule has 0 spiro atoms. The van der Waals surface area contributed by atoms with Crippen molar-refractivity contribution in [2.45, 2.75) is 41.9 Å². The van der Waals surface area contributed by atoms with E-state index in [4.69, 9.17) is 9.47 Å². The van der Waals surface area contributed by atoms with E-state index >= 15 is 0 Å². The largest absolute Gasteiger partial charge is 0.387 e. The SMILES string of the molecule is COC[C@H]1O[C@@H](n2cnc3c(NCC(c4ccccc4)c4ccccc4)nc(CNS(=O)(=O)c4ccccc4)nc32)[C@@H](O)[C@@H]1O. The third kappa shape index (κ3) is 6.59. The molecule has 3 heterocycles. The normalized spacial score (nSPS) is 20.2. The van der Waals surface area contributed by atoms with Crippen molar-refractivity contribution in [3.8, 4) is 0 Å². The Morgan fingerprint density at radius 1 is 0.911 bits per heavy atom. The molecule has 1 aliphatic heterocycles. The maximum absolute atomic E-state index is 13.0. The molecule has 234 valence electrons. The van der Waals surface area contributed by atoms with Crippen LogP contribution in [0.15, 0.2) is 102 Å². The van der Waals surface area contributed by atoms with Crippen LogP contribution in [0, 0.1) is 0 Å². The van der Waals surface area contributed by atoms with Gasteiger partial charge < -0.3 is 25.0 Å². The number of sulfonamides is 1. The van der Waals surface area contributed by atoms with Crippen LogP contribution in [0.5, 0.6) is 0 Å². The van der Waals surface area contributed by atoms with Crippen LogP contribution < -0.4 is 10.0 Å². The molecule has 0 radical (unpaired) electrons. The molecule has 0 bridgehead atoms. The zero-order valence-electron chi connectivity index (χ0n) is 24.5. The summed E-state index contributed by atoms with van der Waals surface area (Å²) in [5, 5.41) is 24.9. The summed E-state index contributed by atoms with van der Waals surface area (Å²) >= 11 is 0. The quantitative estimate of drug-likeness (QED) is 0.161. The molecule has 5 aromatic rings. The van der Waals surface area contributed by atoms with Gasteiger partial charge in [-0.25, -0.2) is 28.1 Å². The lowest BCUT2D eigenvalue weighted by molar-refractivity contribution is -0.0580. The highest BCUT2D eigenvalue weighted by Gasteiger charge is 2.44. The zero-order valence-corrected chi connectivity index (χ0v) is 25.3. The van der Waals surface area contributed by atoms with E-state index in [2.05, 4.69) is 49.3 Å².